The standard InChI is InChI=1S/C20H26N4O/c1-4-7-17-13-18(22-21-17)14-23(3)20(25)10-11-24-15(2)12-16-8-5-6-9-19(16)24/h5-6,8-9,12-13H,4,7,10-11,14H2,1-3H3,(H,21,22). The van der Waals surface area contributed by atoms with Gasteiger partial charge >= 0.3 is 0 Å². The van der Waals surface area contributed by atoms with Crippen molar-refractivity contribution in [2.75, 3.05) is 7.05 Å². The van der Waals surface area contributed by atoms with Crippen LogP contribution >= 0.6 is 0 Å². The van der Waals surface area contributed by atoms with Crippen LogP contribution in [0.4, 0.5) is 0 Å². The highest BCUT2D eigenvalue weighted by molar-refractivity contribution is 5.81. The van der Waals surface area contributed by atoms with E-state index in [0.29, 0.717) is 19.5 Å². The number of rotatable bonds is 7. The SMILES string of the molecule is CCCc1cc(CN(C)C(=O)CCn2c(C)cc3ccccc32)[nH]n1. The lowest BCUT2D eigenvalue weighted by molar-refractivity contribution is -0.130. The van der Waals surface area contributed by atoms with Gasteiger partial charge in [-0.1, -0.05) is 31.5 Å². The zero-order chi connectivity index (χ0) is 17.8. The van der Waals surface area contributed by atoms with Crippen molar-refractivity contribution >= 4 is 16.8 Å². The Balaban J connectivity index is 1.60. The van der Waals surface area contributed by atoms with E-state index in [1.807, 2.05) is 19.2 Å². The summed E-state index contributed by atoms with van der Waals surface area (Å²) < 4.78 is 2.22. The first kappa shape index (κ1) is 17.3. The van der Waals surface area contributed by atoms with Gasteiger partial charge in [0.05, 0.1) is 17.9 Å². The molecule has 3 rings (SSSR count). The lowest BCUT2D eigenvalue weighted by atomic mass is 10.2. The molecule has 5 nitrogen and oxygen atoms in total. The number of nitrogens with zero attached hydrogens (tertiary/aromatic N) is 3. The van der Waals surface area contributed by atoms with Crippen molar-refractivity contribution in [3.05, 3.63) is 53.5 Å². The molecule has 5 heteroatoms. The van der Waals surface area contributed by atoms with Gasteiger partial charge in [-0.05, 0) is 36.9 Å². The highest BCUT2D eigenvalue weighted by Gasteiger charge is 2.13. The normalized spacial score (nSPS) is 11.2. The molecule has 0 saturated heterocycles. The molecule has 2 heterocycles. The van der Waals surface area contributed by atoms with E-state index < -0.39 is 0 Å². The van der Waals surface area contributed by atoms with Crippen LogP contribution < -0.4 is 0 Å². The molecular weight excluding hydrogens is 312 g/mol. The third-order valence-electron chi connectivity index (χ3n) is 4.59. The van der Waals surface area contributed by atoms with E-state index in [2.05, 4.69) is 52.9 Å². The molecule has 1 aromatic carbocycles. The first-order valence-electron chi connectivity index (χ1n) is 8.90. The van der Waals surface area contributed by atoms with Gasteiger partial charge in [0.15, 0.2) is 0 Å². The summed E-state index contributed by atoms with van der Waals surface area (Å²) in [6.07, 6.45) is 2.53. The molecule has 0 fully saturated rings. The second-order valence-corrected chi connectivity index (χ2v) is 6.63. The molecule has 0 radical (unpaired) electrons. The van der Waals surface area contributed by atoms with E-state index in [1.165, 1.54) is 16.6 Å². The van der Waals surface area contributed by atoms with Gasteiger partial charge in [0, 0.05) is 31.2 Å². The first-order valence-corrected chi connectivity index (χ1v) is 8.90. The number of hydrogen-bond donors (Lipinski definition) is 1. The minimum absolute atomic E-state index is 0.142. The van der Waals surface area contributed by atoms with Crippen molar-refractivity contribution in [2.24, 2.45) is 0 Å². The molecule has 25 heavy (non-hydrogen) atoms. The number of fused-ring (bicyclic) bond motifs is 1. The van der Waals surface area contributed by atoms with Crippen LogP contribution in [-0.2, 0) is 24.3 Å². The molecule has 1 N–H and O–H groups in total. The molecule has 0 saturated carbocycles. The number of carbonyl (C=O) groups excluding carboxylic acids is 1. The molecule has 3 aromatic rings. The number of aromatic amines is 1. The second kappa shape index (κ2) is 7.55. The number of para-hydroxylation sites is 1. The topological polar surface area (TPSA) is 53.9 Å². The van der Waals surface area contributed by atoms with Gasteiger partial charge in [0.25, 0.3) is 0 Å². The summed E-state index contributed by atoms with van der Waals surface area (Å²) in [6, 6.07) is 12.5. The molecule has 1 amide bonds. The maximum absolute atomic E-state index is 12.5. The lowest BCUT2D eigenvalue weighted by Gasteiger charge is -2.17. The molecule has 0 aliphatic carbocycles. The summed E-state index contributed by atoms with van der Waals surface area (Å²) in [5.74, 6) is 0.142. The number of benzene rings is 1. The van der Waals surface area contributed by atoms with E-state index in [9.17, 15) is 4.79 Å². The van der Waals surface area contributed by atoms with Gasteiger partial charge in [0.1, 0.15) is 0 Å². The van der Waals surface area contributed by atoms with E-state index in [1.54, 1.807) is 4.90 Å². The second-order valence-electron chi connectivity index (χ2n) is 6.63. The van der Waals surface area contributed by atoms with E-state index >= 15 is 0 Å². The lowest BCUT2D eigenvalue weighted by Crippen LogP contribution is -2.27. The largest absolute Gasteiger partial charge is 0.344 e. The van der Waals surface area contributed by atoms with E-state index in [-0.39, 0.29) is 5.91 Å². The number of amides is 1. The van der Waals surface area contributed by atoms with Crippen LogP contribution in [0.5, 0.6) is 0 Å². The molecular formula is C20H26N4O. The average Bonchev–Trinajstić information content (AvgIpc) is 3.16. The number of H-pyrrole nitrogens is 1. The molecule has 0 aliphatic rings. The molecule has 0 unspecified atom stereocenters. The number of aryl methyl sites for hydroxylation is 3. The predicted molar refractivity (Wildman–Crippen MR) is 100 cm³/mol. The van der Waals surface area contributed by atoms with Crippen LogP contribution in [0.15, 0.2) is 36.4 Å². The summed E-state index contributed by atoms with van der Waals surface area (Å²) in [4.78, 5) is 14.3. The Bertz CT molecular complexity index is 862. The smallest absolute Gasteiger partial charge is 0.224 e. The Morgan fingerprint density at radius 2 is 2.08 bits per heavy atom. The molecule has 2 aromatic heterocycles. The molecule has 132 valence electrons. The minimum atomic E-state index is 0.142. The third kappa shape index (κ3) is 3.92. The predicted octanol–water partition coefficient (Wildman–Crippen LogP) is 3.67. The van der Waals surface area contributed by atoms with E-state index in [4.69, 9.17) is 0 Å². The van der Waals surface area contributed by atoms with Gasteiger partial charge in [-0.25, -0.2) is 0 Å². The van der Waals surface area contributed by atoms with Crippen LogP contribution in [0.25, 0.3) is 10.9 Å². The van der Waals surface area contributed by atoms with Gasteiger partial charge in [-0.3, -0.25) is 9.89 Å². The van der Waals surface area contributed by atoms with Gasteiger partial charge in [0.2, 0.25) is 5.91 Å². The third-order valence-corrected chi connectivity index (χ3v) is 4.59. The minimum Gasteiger partial charge on any atom is -0.344 e. The Morgan fingerprint density at radius 1 is 1.28 bits per heavy atom. The number of nitrogens with one attached hydrogen (secondary N) is 1. The number of aromatic nitrogens is 3. The Kier molecular flexibility index (Phi) is 5.22. The van der Waals surface area contributed by atoms with Crippen molar-refractivity contribution in [2.45, 2.75) is 46.2 Å². The zero-order valence-corrected chi connectivity index (χ0v) is 15.2. The quantitative estimate of drug-likeness (QED) is 0.714. The Labute approximate surface area is 148 Å². The van der Waals surface area contributed by atoms with Gasteiger partial charge < -0.3 is 9.47 Å². The van der Waals surface area contributed by atoms with Crippen LogP contribution in [0.3, 0.4) is 0 Å². The van der Waals surface area contributed by atoms with Crippen LogP contribution in [0.1, 0.15) is 36.8 Å². The van der Waals surface area contributed by atoms with Crippen LogP contribution in [0, 0.1) is 6.92 Å². The van der Waals surface area contributed by atoms with Crippen molar-refractivity contribution in [1.82, 2.24) is 19.7 Å². The van der Waals surface area contributed by atoms with Crippen molar-refractivity contribution < 1.29 is 4.79 Å². The van der Waals surface area contributed by atoms with Crippen molar-refractivity contribution in [3.63, 3.8) is 0 Å². The summed E-state index contributed by atoms with van der Waals surface area (Å²) in [7, 11) is 1.85. The Morgan fingerprint density at radius 3 is 2.88 bits per heavy atom. The summed E-state index contributed by atoms with van der Waals surface area (Å²) in [5, 5.41) is 8.54. The van der Waals surface area contributed by atoms with Gasteiger partial charge in [-0.15, -0.1) is 0 Å². The highest BCUT2D eigenvalue weighted by Crippen LogP contribution is 2.19. The molecule has 0 spiro atoms. The number of carbonyl (C=O) groups is 1. The maximum Gasteiger partial charge on any atom is 0.224 e. The fraction of sp³-hybridized carbons (Fsp3) is 0.400. The molecule has 0 bridgehead atoms. The maximum atomic E-state index is 12.5. The fourth-order valence-corrected chi connectivity index (χ4v) is 3.26. The summed E-state index contributed by atoms with van der Waals surface area (Å²) >= 11 is 0. The average molecular weight is 338 g/mol. The van der Waals surface area contributed by atoms with Crippen molar-refractivity contribution in [1.29, 1.82) is 0 Å². The number of hydrogen-bond acceptors (Lipinski definition) is 2. The monoisotopic (exact) mass is 338 g/mol. The molecule has 0 aliphatic heterocycles. The van der Waals surface area contributed by atoms with Crippen LogP contribution in [0.2, 0.25) is 0 Å². The Hall–Kier alpha value is -2.56. The fourth-order valence-electron chi connectivity index (χ4n) is 3.26. The summed E-state index contributed by atoms with van der Waals surface area (Å²) in [6.45, 7) is 5.50. The van der Waals surface area contributed by atoms with Gasteiger partial charge in [-0.2, -0.15) is 5.10 Å². The van der Waals surface area contributed by atoms with Crippen molar-refractivity contribution in [3.8, 4) is 0 Å². The van der Waals surface area contributed by atoms with Crippen LogP contribution in [-0.4, -0.2) is 32.6 Å². The van der Waals surface area contributed by atoms with E-state index in [0.717, 1.165) is 24.2 Å². The first-order chi connectivity index (χ1) is 12.1. The highest BCUT2D eigenvalue weighted by atomic mass is 16.2. The summed E-state index contributed by atoms with van der Waals surface area (Å²) in [5.41, 5.74) is 4.43. The molecule has 0 atom stereocenters. The zero-order valence-electron chi connectivity index (χ0n) is 15.2.